The summed E-state index contributed by atoms with van der Waals surface area (Å²) in [6, 6.07) is 6.87. The van der Waals surface area contributed by atoms with Crippen molar-refractivity contribution in [3.05, 3.63) is 53.2 Å². The number of rotatable bonds is 6. The van der Waals surface area contributed by atoms with E-state index in [4.69, 9.17) is 0 Å². The minimum absolute atomic E-state index is 0.0175. The van der Waals surface area contributed by atoms with Gasteiger partial charge in [0.2, 0.25) is 0 Å². The van der Waals surface area contributed by atoms with Gasteiger partial charge in [-0.25, -0.2) is 9.97 Å². The van der Waals surface area contributed by atoms with E-state index in [9.17, 15) is 4.79 Å². The number of ketones is 1. The third kappa shape index (κ3) is 4.69. The van der Waals surface area contributed by atoms with Crippen LogP contribution in [0.25, 0.3) is 21.5 Å². The highest BCUT2D eigenvalue weighted by molar-refractivity contribution is 7.14. The average Bonchev–Trinajstić information content (AvgIpc) is 3.48. The van der Waals surface area contributed by atoms with Crippen LogP contribution in [0.3, 0.4) is 0 Å². The van der Waals surface area contributed by atoms with Crippen molar-refractivity contribution >= 4 is 28.0 Å². The molecule has 170 valence electrons. The fraction of sp³-hybridized carbons (Fsp3) is 0.417. The Kier molecular flexibility index (Phi) is 5.99. The second-order valence-electron chi connectivity index (χ2n) is 8.86. The Balaban J connectivity index is 1.29. The van der Waals surface area contributed by atoms with Crippen LogP contribution in [0, 0.1) is 6.92 Å². The molecule has 0 spiro atoms. The standard InChI is InChI=1S/C24H27N7OS/c1-15(2)30-8-6-20(7-9-30)31-14-19(13-26-31)22(32)11-23-25-12-18-5-4-17(10-21(18)27-23)24-29-28-16(3)33-24/h4-5,10,12-15,20H,6-9,11H2,1-3H3. The van der Waals surface area contributed by atoms with Crippen LogP contribution < -0.4 is 0 Å². The van der Waals surface area contributed by atoms with E-state index >= 15 is 0 Å². The Morgan fingerprint density at radius 3 is 2.73 bits per heavy atom. The van der Waals surface area contributed by atoms with Crippen LogP contribution in [0.2, 0.25) is 0 Å². The zero-order valence-corrected chi connectivity index (χ0v) is 19.9. The molecule has 0 atom stereocenters. The lowest BCUT2D eigenvalue weighted by Crippen LogP contribution is -2.39. The largest absolute Gasteiger partial charge is 0.301 e. The molecule has 0 aliphatic carbocycles. The number of carbonyl (C=O) groups is 1. The van der Waals surface area contributed by atoms with Crippen LogP contribution in [0.1, 0.15) is 53.9 Å². The Hall–Kier alpha value is -3.04. The van der Waals surface area contributed by atoms with Gasteiger partial charge in [-0.3, -0.25) is 9.48 Å². The first-order chi connectivity index (χ1) is 16.0. The minimum atomic E-state index is -0.0175. The van der Waals surface area contributed by atoms with Crippen molar-refractivity contribution < 1.29 is 4.79 Å². The summed E-state index contributed by atoms with van der Waals surface area (Å²) in [5, 5.41) is 15.5. The van der Waals surface area contributed by atoms with Crippen LogP contribution in [0.15, 0.2) is 36.8 Å². The highest BCUT2D eigenvalue weighted by Crippen LogP contribution is 2.26. The Morgan fingerprint density at radius 2 is 2.00 bits per heavy atom. The number of piperidine rings is 1. The number of nitrogens with zero attached hydrogens (tertiary/aromatic N) is 7. The lowest BCUT2D eigenvalue weighted by molar-refractivity contribution is 0.0990. The molecule has 33 heavy (non-hydrogen) atoms. The molecular formula is C24H27N7OS. The predicted octanol–water partition coefficient (Wildman–Crippen LogP) is 4.12. The number of likely N-dealkylation sites (tertiary alicyclic amines) is 1. The molecular weight excluding hydrogens is 434 g/mol. The van der Waals surface area contributed by atoms with Gasteiger partial charge in [0.1, 0.15) is 15.8 Å². The quantitative estimate of drug-likeness (QED) is 0.399. The minimum Gasteiger partial charge on any atom is -0.301 e. The average molecular weight is 462 g/mol. The second-order valence-corrected chi connectivity index (χ2v) is 10.0. The van der Waals surface area contributed by atoms with Crippen molar-refractivity contribution in [1.29, 1.82) is 0 Å². The summed E-state index contributed by atoms with van der Waals surface area (Å²) in [5.74, 6) is 0.493. The molecule has 0 radical (unpaired) electrons. The molecule has 1 fully saturated rings. The summed E-state index contributed by atoms with van der Waals surface area (Å²) in [7, 11) is 0. The van der Waals surface area contributed by atoms with Crippen LogP contribution in [0.5, 0.6) is 0 Å². The molecule has 0 N–H and O–H groups in total. The third-order valence-electron chi connectivity index (χ3n) is 6.25. The Morgan fingerprint density at radius 1 is 1.18 bits per heavy atom. The first-order valence-corrected chi connectivity index (χ1v) is 12.2. The molecule has 1 aliphatic heterocycles. The van der Waals surface area contributed by atoms with Gasteiger partial charge in [-0.05, 0) is 39.7 Å². The molecule has 0 saturated carbocycles. The predicted molar refractivity (Wildman–Crippen MR) is 128 cm³/mol. The van der Waals surface area contributed by atoms with E-state index in [0.717, 1.165) is 52.4 Å². The van der Waals surface area contributed by atoms with E-state index in [2.05, 4.69) is 44.0 Å². The van der Waals surface area contributed by atoms with Gasteiger partial charge in [-0.1, -0.05) is 23.5 Å². The van der Waals surface area contributed by atoms with Crippen LogP contribution in [0.4, 0.5) is 0 Å². The third-order valence-corrected chi connectivity index (χ3v) is 7.14. The first-order valence-electron chi connectivity index (χ1n) is 11.3. The van der Waals surface area contributed by atoms with E-state index in [-0.39, 0.29) is 12.2 Å². The molecule has 0 unspecified atom stereocenters. The molecule has 3 aromatic heterocycles. The second kappa shape index (κ2) is 9.07. The summed E-state index contributed by atoms with van der Waals surface area (Å²) in [6.07, 6.45) is 7.58. The lowest BCUT2D eigenvalue weighted by Gasteiger charge is -2.34. The van der Waals surface area contributed by atoms with Gasteiger partial charge in [-0.15, -0.1) is 10.2 Å². The van der Waals surface area contributed by atoms with Crippen molar-refractivity contribution in [2.45, 2.75) is 52.1 Å². The van der Waals surface area contributed by atoms with Gasteiger partial charge in [0.25, 0.3) is 0 Å². The zero-order chi connectivity index (χ0) is 22.9. The summed E-state index contributed by atoms with van der Waals surface area (Å²) >= 11 is 1.55. The van der Waals surface area contributed by atoms with Crippen molar-refractivity contribution in [2.75, 3.05) is 13.1 Å². The highest BCUT2D eigenvalue weighted by atomic mass is 32.1. The highest BCUT2D eigenvalue weighted by Gasteiger charge is 2.23. The van der Waals surface area contributed by atoms with Crippen LogP contribution in [-0.4, -0.2) is 59.8 Å². The topological polar surface area (TPSA) is 89.7 Å². The molecule has 1 aliphatic rings. The number of Topliss-reactive ketones (excluding diaryl/α,β-unsaturated/α-hetero) is 1. The van der Waals surface area contributed by atoms with Gasteiger partial charge in [-0.2, -0.15) is 5.10 Å². The van der Waals surface area contributed by atoms with Gasteiger partial charge >= 0.3 is 0 Å². The number of hydrogen-bond acceptors (Lipinski definition) is 8. The van der Waals surface area contributed by atoms with E-state index < -0.39 is 0 Å². The van der Waals surface area contributed by atoms with E-state index in [1.165, 1.54) is 0 Å². The molecule has 4 aromatic rings. The molecule has 4 heterocycles. The number of aromatic nitrogens is 6. The number of hydrogen-bond donors (Lipinski definition) is 0. The number of carbonyl (C=O) groups excluding carboxylic acids is 1. The van der Waals surface area contributed by atoms with Gasteiger partial charge < -0.3 is 4.90 Å². The van der Waals surface area contributed by atoms with E-state index in [1.54, 1.807) is 23.7 Å². The van der Waals surface area contributed by atoms with Crippen LogP contribution >= 0.6 is 11.3 Å². The Bertz CT molecular complexity index is 1290. The van der Waals surface area contributed by atoms with E-state index in [1.807, 2.05) is 36.0 Å². The molecule has 1 saturated heterocycles. The zero-order valence-electron chi connectivity index (χ0n) is 19.1. The molecule has 1 aromatic carbocycles. The van der Waals surface area contributed by atoms with Crippen LogP contribution in [-0.2, 0) is 6.42 Å². The Labute approximate surface area is 196 Å². The monoisotopic (exact) mass is 461 g/mol. The SMILES string of the molecule is Cc1nnc(-c2ccc3cnc(CC(=O)c4cnn(C5CCN(C(C)C)CC5)c4)nc3c2)s1. The summed E-state index contributed by atoms with van der Waals surface area (Å²) in [6.45, 7) is 8.53. The van der Waals surface area contributed by atoms with Crippen molar-refractivity contribution in [1.82, 2.24) is 34.8 Å². The van der Waals surface area contributed by atoms with Crippen molar-refractivity contribution in [3.8, 4) is 10.6 Å². The molecule has 8 nitrogen and oxygen atoms in total. The molecule has 5 rings (SSSR count). The lowest BCUT2D eigenvalue weighted by atomic mass is 10.0. The van der Waals surface area contributed by atoms with Gasteiger partial charge in [0.05, 0.1) is 29.7 Å². The summed E-state index contributed by atoms with van der Waals surface area (Å²) in [5.41, 5.74) is 2.38. The summed E-state index contributed by atoms with van der Waals surface area (Å²) in [4.78, 5) is 24.5. The maximum absolute atomic E-state index is 12.9. The maximum atomic E-state index is 12.9. The fourth-order valence-corrected chi connectivity index (χ4v) is 4.98. The first kappa shape index (κ1) is 21.8. The van der Waals surface area contributed by atoms with Gasteiger partial charge in [0.15, 0.2) is 5.78 Å². The number of fused-ring (bicyclic) bond motifs is 1. The van der Waals surface area contributed by atoms with Crippen molar-refractivity contribution in [2.24, 2.45) is 0 Å². The van der Waals surface area contributed by atoms with Gasteiger partial charge in [0, 0.05) is 42.5 Å². The molecule has 0 bridgehead atoms. The summed E-state index contributed by atoms with van der Waals surface area (Å²) < 4.78 is 1.96. The normalized spacial score (nSPS) is 15.5. The number of benzene rings is 1. The van der Waals surface area contributed by atoms with E-state index in [0.29, 0.717) is 23.5 Å². The fourth-order valence-electron chi connectivity index (χ4n) is 4.29. The van der Waals surface area contributed by atoms with Crippen molar-refractivity contribution in [3.63, 3.8) is 0 Å². The number of aryl methyl sites for hydroxylation is 1. The maximum Gasteiger partial charge on any atom is 0.173 e. The molecule has 0 amide bonds. The molecule has 9 heteroatoms. The smallest absolute Gasteiger partial charge is 0.173 e.